The van der Waals surface area contributed by atoms with E-state index in [9.17, 15) is 9.59 Å². The molecule has 3 aromatic rings. The number of carbonyl (C=O) groups is 2. The zero-order chi connectivity index (χ0) is 24.7. The molecule has 1 atom stereocenters. The fourth-order valence-electron chi connectivity index (χ4n) is 3.19. The first kappa shape index (κ1) is 25.7. The van der Waals surface area contributed by atoms with Crippen LogP contribution in [-0.4, -0.2) is 44.0 Å². The Hall–Kier alpha value is -2.92. The first-order valence-electron chi connectivity index (χ1n) is 11.0. The summed E-state index contributed by atoms with van der Waals surface area (Å²) in [4.78, 5) is 28.3. The minimum atomic E-state index is -0.341. The highest BCUT2D eigenvalue weighted by atomic mass is 32.2. The van der Waals surface area contributed by atoms with E-state index in [1.54, 1.807) is 12.3 Å². The highest BCUT2D eigenvalue weighted by Crippen LogP contribution is 2.28. The fourth-order valence-corrected chi connectivity index (χ4v) is 4.73. The molecular formula is C23H29N5O4S2. The van der Waals surface area contributed by atoms with Crippen LogP contribution in [0.25, 0.3) is 0 Å². The van der Waals surface area contributed by atoms with Gasteiger partial charge in [-0.15, -0.1) is 21.5 Å². The van der Waals surface area contributed by atoms with Gasteiger partial charge in [-0.25, -0.2) is 4.98 Å². The lowest BCUT2D eigenvalue weighted by Gasteiger charge is -2.17. The third-order valence-corrected chi connectivity index (χ3v) is 6.82. The first-order valence-corrected chi connectivity index (χ1v) is 12.9. The minimum Gasteiger partial charge on any atom is -0.482 e. The van der Waals surface area contributed by atoms with E-state index >= 15 is 0 Å². The molecule has 2 heterocycles. The molecule has 3 rings (SSSR count). The fraction of sp³-hybridized carbons (Fsp3) is 0.435. The maximum atomic E-state index is 12.4. The zero-order valence-electron chi connectivity index (χ0n) is 20.0. The Morgan fingerprint density at radius 1 is 1.24 bits per heavy atom. The highest BCUT2D eigenvalue weighted by Gasteiger charge is 2.20. The largest absolute Gasteiger partial charge is 0.482 e. The van der Waals surface area contributed by atoms with Gasteiger partial charge in [-0.2, -0.15) is 0 Å². The molecule has 0 spiro atoms. The molecule has 1 aromatic carbocycles. The van der Waals surface area contributed by atoms with E-state index < -0.39 is 0 Å². The van der Waals surface area contributed by atoms with E-state index in [-0.39, 0.29) is 30.2 Å². The van der Waals surface area contributed by atoms with Crippen LogP contribution in [0.5, 0.6) is 5.75 Å². The SMILES string of the molecule is CCOC(=O)Cc1csc(NC(=O)CSc2nnc(C(C)Oc3cccc(C)c3C)n2CC)n1. The third-order valence-electron chi connectivity index (χ3n) is 5.05. The molecule has 0 saturated carbocycles. The van der Waals surface area contributed by atoms with Crippen LogP contribution < -0.4 is 10.1 Å². The summed E-state index contributed by atoms with van der Waals surface area (Å²) in [6.07, 6.45) is -0.219. The number of hydrogen-bond donors (Lipinski definition) is 1. The maximum Gasteiger partial charge on any atom is 0.311 e. The van der Waals surface area contributed by atoms with Gasteiger partial charge in [0.15, 0.2) is 22.2 Å². The number of esters is 1. The topological polar surface area (TPSA) is 108 Å². The van der Waals surface area contributed by atoms with Gasteiger partial charge < -0.3 is 19.4 Å². The average Bonchev–Trinajstić information content (AvgIpc) is 3.41. The molecule has 2 aromatic heterocycles. The van der Waals surface area contributed by atoms with Crippen LogP contribution in [0, 0.1) is 13.8 Å². The molecule has 1 amide bonds. The number of aromatic nitrogens is 4. The molecule has 0 aliphatic rings. The van der Waals surface area contributed by atoms with Crippen molar-refractivity contribution in [3.05, 3.63) is 46.2 Å². The number of carbonyl (C=O) groups excluding carboxylic acids is 2. The summed E-state index contributed by atoms with van der Waals surface area (Å²) in [5, 5.41) is 14.2. The van der Waals surface area contributed by atoms with Gasteiger partial charge in [-0.1, -0.05) is 23.9 Å². The third kappa shape index (κ3) is 6.57. The van der Waals surface area contributed by atoms with E-state index in [1.165, 1.54) is 23.1 Å². The second-order valence-electron chi connectivity index (χ2n) is 7.51. The second kappa shape index (κ2) is 12.0. The van der Waals surface area contributed by atoms with Gasteiger partial charge in [-0.05, 0) is 51.8 Å². The molecule has 0 radical (unpaired) electrons. The molecule has 34 heavy (non-hydrogen) atoms. The standard InChI is InChI=1S/C23H29N5O4S2/c1-6-28-21(16(5)32-18-10-8-9-14(3)15(18)4)26-27-23(28)34-13-19(29)25-22-24-17(12-33-22)11-20(30)31-7-2/h8-10,12,16H,6-7,11,13H2,1-5H3,(H,24,25,29). The number of ether oxygens (including phenoxy) is 2. The summed E-state index contributed by atoms with van der Waals surface area (Å²) >= 11 is 2.57. The van der Waals surface area contributed by atoms with E-state index in [0.29, 0.717) is 35.0 Å². The zero-order valence-corrected chi connectivity index (χ0v) is 21.6. The summed E-state index contributed by atoms with van der Waals surface area (Å²) in [5.74, 6) is 1.12. The van der Waals surface area contributed by atoms with Crippen molar-refractivity contribution >= 4 is 40.1 Å². The van der Waals surface area contributed by atoms with Crippen LogP contribution in [0.1, 0.15) is 49.5 Å². The maximum absolute atomic E-state index is 12.4. The smallest absolute Gasteiger partial charge is 0.311 e. The van der Waals surface area contributed by atoms with E-state index in [2.05, 4.69) is 20.5 Å². The number of nitrogens with zero attached hydrogens (tertiary/aromatic N) is 4. The number of nitrogens with one attached hydrogen (secondary N) is 1. The normalized spacial score (nSPS) is 11.8. The Kier molecular flexibility index (Phi) is 9.05. The molecule has 9 nitrogen and oxygen atoms in total. The molecule has 11 heteroatoms. The molecule has 0 bridgehead atoms. The van der Waals surface area contributed by atoms with Crippen LogP contribution in [0.4, 0.5) is 5.13 Å². The van der Waals surface area contributed by atoms with Crippen LogP contribution in [0.3, 0.4) is 0 Å². The van der Waals surface area contributed by atoms with Crippen LogP contribution in [0.2, 0.25) is 0 Å². The molecule has 0 fully saturated rings. The van der Waals surface area contributed by atoms with Crippen molar-refractivity contribution in [3.63, 3.8) is 0 Å². The van der Waals surface area contributed by atoms with Gasteiger partial charge in [0, 0.05) is 11.9 Å². The summed E-state index contributed by atoms with van der Waals surface area (Å²) in [5.41, 5.74) is 2.83. The predicted octanol–water partition coefficient (Wildman–Crippen LogP) is 4.35. The number of thiazole rings is 1. The Morgan fingerprint density at radius 3 is 2.76 bits per heavy atom. The number of amides is 1. The van der Waals surface area contributed by atoms with Gasteiger partial charge in [0.2, 0.25) is 5.91 Å². The van der Waals surface area contributed by atoms with Crippen molar-refractivity contribution < 1.29 is 19.1 Å². The molecule has 1 N–H and O–H groups in total. The van der Waals surface area contributed by atoms with Crippen LogP contribution in [-0.2, 0) is 27.3 Å². The lowest BCUT2D eigenvalue weighted by molar-refractivity contribution is -0.142. The van der Waals surface area contributed by atoms with Crippen molar-refractivity contribution in [2.75, 3.05) is 17.7 Å². The molecule has 182 valence electrons. The molecule has 1 unspecified atom stereocenters. The minimum absolute atomic E-state index is 0.0830. The first-order chi connectivity index (χ1) is 16.3. The highest BCUT2D eigenvalue weighted by molar-refractivity contribution is 7.99. The average molecular weight is 504 g/mol. The number of benzene rings is 1. The Labute approximate surface area is 207 Å². The van der Waals surface area contributed by atoms with Crippen molar-refractivity contribution in [1.29, 1.82) is 0 Å². The quantitative estimate of drug-likeness (QED) is 0.304. The van der Waals surface area contributed by atoms with Crippen molar-refractivity contribution in [3.8, 4) is 5.75 Å². The number of anilines is 1. The number of rotatable bonds is 11. The summed E-state index contributed by atoms with van der Waals surface area (Å²) in [6, 6.07) is 5.97. The predicted molar refractivity (Wildman–Crippen MR) is 132 cm³/mol. The molecule has 0 aliphatic heterocycles. The lowest BCUT2D eigenvalue weighted by atomic mass is 10.1. The molecule has 0 saturated heterocycles. The van der Waals surface area contributed by atoms with E-state index in [1.807, 2.05) is 50.5 Å². The monoisotopic (exact) mass is 503 g/mol. The van der Waals surface area contributed by atoms with Crippen molar-refractivity contribution in [2.45, 2.75) is 58.8 Å². The molecular weight excluding hydrogens is 474 g/mol. The Bertz CT molecular complexity index is 1140. The van der Waals surface area contributed by atoms with Gasteiger partial charge in [-0.3, -0.25) is 9.59 Å². The van der Waals surface area contributed by atoms with Crippen LogP contribution in [0.15, 0.2) is 28.7 Å². The van der Waals surface area contributed by atoms with Gasteiger partial charge in [0.05, 0.1) is 24.5 Å². The van der Waals surface area contributed by atoms with Crippen molar-refractivity contribution in [2.24, 2.45) is 0 Å². The lowest BCUT2D eigenvalue weighted by Crippen LogP contribution is -2.15. The Morgan fingerprint density at radius 2 is 2.03 bits per heavy atom. The summed E-state index contributed by atoms with van der Waals surface area (Å²) in [6.45, 7) is 10.8. The van der Waals surface area contributed by atoms with Gasteiger partial charge >= 0.3 is 5.97 Å². The summed E-state index contributed by atoms with van der Waals surface area (Å²) < 4.78 is 13.0. The Balaban J connectivity index is 1.58. The van der Waals surface area contributed by atoms with Gasteiger partial charge in [0.1, 0.15) is 5.75 Å². The molecule has 0 aliphatic carbocycles. The van der Waals surface area contributed by atoms with Gasteiger partial charge in [0.25, 0.3) is 0 Å². The van der Waals surface area contributed by atoms with Crippen molar-refractivity contribution in [1.82, 2.24) is 19.7 Å². The number of aryl methyl sites for hydroxylation is 1. The van der Waals surface area contributed by atoms with Crippen LogP contribution >= 0.6 is 23.1 Å². The van der Waals surface area contributed by atoms with E-state index in [4.69, 9.17) is 9.47 Å². The van der Waals surface area contributed by atoms with E-state index in [0.717, 1.165) is 16.9 Å². The second-order valence-corrected chi connectivity index (χ2v) is 9.31. The number of thioether (sulfide) groups is 1. The summed E-state index contributed by atoms with van der Waals surface area (Å²) in [7, 11) is 0. The number of hydrogen-bond acceptors (Lipinski definition) is 9.